The molecule has 38 heavy (non-hydrogen) atoms. The highest BCUT2D eigenvalue weighted by Crippen LogP contribution is 2.42. The number of alkyl halides is 2. The molecule has 5 aromatic rings. The first-order valence-electron chi connectivity index (χ1n) is 11.4. The zero-order valence-corrected chi connectivity index (χ0v) is 21.0. The smallest absolute Gasteiger partial charge is 0.280 e. The van der Waals surface area contributed by atoms with Crippen LogP contribution in [0, 0.1) is 13.8 Å². The van der Waals surface area contributed by atoms with Crippen molar-refractivity contribution in [2.75, 3.05) is 5.32 Å². The van der Waals surface area contributed by atoms with Gasteiger partial charge in [0.25, 0.3) is 18.2 Å². The van der Waals surface area contributed by atoms with Gasteiger partial charge in [0.2, 0.25) is 0 Å². The molecule has 9 nitrogen and oxygen atoms in total. The first kappa shape index (κ1) is 25.1. The predicted molar refractivity (Wildman–Crippen MR) is 138 cm³/mol. The molecule has 0 radical (unpaired) electrons. The van der Waals surface area contributed by atoms with E-state index in [-0.39, 0.29) is 44.5 Å². The lowest BCUT2D eigenvalue weighted by atomic mass is 10.1. The first-order chi connectivity index (χ1) is 18.2. The van der Waals surface area contributed by atoms with Crippen molar-refractivity contribution in [2.24, 2.45) is 5.73 Å². The van der Waals surface area contributed by atoms with Crippen LogP contribution in [0.5, 0.6) is 5.75 Å². The van der Waals surface area contributed by atoms with E-state index in [0.717, 1.165) is 28.5 Å². The van der Waals surface area contributed by atoms with Gasteiger partial charge in [-0.2, -0.15) is 5.10 Å². The summed E-state index contributed by atoms with van der Waals surface area (Å²) in [5.74, 6) is -0.536. The van der Waals surface area contributed by atoms with E-state index < -0.39 is 23.9 Å². The summed E-state index contributed by atoms with van der Waals surface area (Å²) in [7, 11) is 0. The standard InChI is InChI=1S/C26H21F2N5O4S/c1-13-5-6-18(14(2)10-13)37-12-33-8-7-16(32-33)25(35)31-21-20-15(19-4-3-9-36-19)11-17(23(27)28)30-26(20)38-22(21)24(29)34/h3-11,23H,12H2,1-2H3,(H2,29,34)(H,31,35). The Kier molecular flexibility index (Phi) is 6.64. The lowest BCUT2D eigenvalue weighted by Gasteiger charge is -2.10. The molecule has 0 aliphatic rings. The molecule has 0 saturated heterocycles. The van der Waals surface area contributed by atoms with Gasteiger partial charge in [0, 0.05) is 17.1 Å². The van der Waals surface area contributed by atoms with Gasteiger partial charge in [0.15, 0.2) is 12.4 Å². The van der Waals surface area contributed by atoms with Crippen LogP contribution in [0.2, 0.25) is 0 Å². The Morgan fingerprint density at radius 3 is 2.71 bits per heavy atom. The minimum Gasteiger partial charge on any atom is -0.471 e. The third-order valence-electron chi connectivity index (χ3n) is 5.71. The number of halogens is 2. The number of pyridine rings is 1. The number of hydrogen-bond donors (Lipinski definition) is 2. The van der Waals surface area contributed by atoms with Crippen LogP contribution in [-0.2, 0) is 6.73 Å². The Hall–Kier alpha value is -4.58. The van der Waals surface area contributed by atoms with Crippen LogP contribution in [-0.4, -0.2) is 26.6 Å². The molecule has 0 spiro atoms. The summed E-state index contributed by atoms with van der Waals surface area (Å²) in [5, 5.41) is 7.18. The number of carbonyl (C=O) groups is 2. The SMILES string of the molecule is Cc1ccc(OCn2ccc(C(=O)Nc3c(C(N)=O)sc4nc(C(F)F)cc(-c5ccco5)c34)n2)c(C)c1. The van der Waals surface area contributed by atoms with Crippen LogP contribution in [0.1, 0.15) is 43.4 Å². The summed E-state index contributed by atoms with van der Waals surface area (Å²) in [4.78, 5) is 29.4. The summed E-state index contributed by atoms with van der Waals surface area (Å²) in [5.41, 5.74) is 7.47. The fourth-order valence-corrected chi connectivity index (χ4v) is 4.99. The van der Waals surface area contributed by atoms with E-state index >= 15 is 0 Å². The van der Waals surface area contributed by atoms with E-state index in [1.165, 1.54) is 17.0 Å². The fourth-order valence-electron chi connectivity index (χ4n) is 3.98. The minimum atomic E-state index is -2.86. The van der Waals surface area contributed by atoms with Crippen LogP contribution < -0.4 is 15.8 Å². The van der Waals surface area contributed by atoms with Gasteiger partial charge in [-0.05, 0) is 49.7 Å². The number of nitrogens with zero attached hydrogens (tertiary/aromatic N) is 3. The van der Waals surface area contributed by atoms with Gasteiger partial charge < -0.3 is 20.2 Å². The van der Waals surface area contributed by atoms with Crippen molar-refractivity contribution >= 4 is 39.1 Å². The number of nitrogens with one attached hydrogen (secondary N) is 1. The second-order valence-corrected chi connectivity index (χ2v) is 9.46. The number of primary amides is 1. The van der Waals surface area contributed by atoms with Gasteiger partial charge in [-0.25, -0.2) is 18.4 Å². The highest BCUT2D eigenvalue weighted by molar-refractivity contribution is 7.21. The number of carbonyl (C=O) groups excluding carboxylic acids is 2. The molecule has 3 N–H and O–H groups in total. The second-order valence-electron chi connectivity index (χ2n) is 8.46. The maximum absolute atomic E-state index is 13.6. The highest BCUT2D eigenvalue weighted by Gasteiger charge is 2.26. The summed E-state index contributed by atoms with van der Waals surface area (Å²) in [6.07, 6.45) is 0.0974. The molecule has 0 aliphatic carbocycles. The lowest BCUT2D eigenvalue weighted by Crippen LogP contribution is -2.18. The van der Waals surface area contributed by atoms with Gasteiger partial charge in [-0.3, -0.25) is 9.59 Å². The molecule has 0 atom stereocenters. The van der Waals surface area contributed by atoms with Gasteiger partial charge in [0.1, 0.15) is 26.9 Å². The molecule has 0 fully saturated rings. The van der Waals surface area contributed by atoms with E-state index in [1.54, 1.807) is 18.3 Å². The number of aryl methyl sites for hydroxylation is 2. The molecule has 5 rings (SSSR count). The largest absolute Gasteiger partial charge is 0.471 e. The third-order valence-corrected chi connectivity index (χ3v) is 6.81. The highest BCUT2D eigenvalue weighted by atomic mass is 32.1. The van der Waals surface area contributed by atoms with Crippen molar-refractivity contribution in [3.8, 4) is 17.1 Å². The summed E-state index contributed by atoms with van der Waals surface area (Å²) < 4.78 is 39.8. The lowest BCUT2D eigenvalue weighted by molar-refractivity contribution is 0.100. The van der Waals surface area contributed by atoms with E-state index in [2.05, 4.69) is 15.4 Å². The summed E-state index contributed by atoms with van der Waals surface area (Å²) >= 11 is 0.804. The van der Waals surface area contributed by atoms with Crippen molar-refractivity contribution in [3.05, 3.63) is 82.3 Å². The van der Waals surface area contributed by atoms with Gasteiger partial charge in [0.05, 0.1) is 12.0 Å². The fraction of sp³-hybridized carbons (Fsp3) is 0.154. The average molecular weight is 538 g/mol. The number of anilines is 1. The van der Waals surface area contributed by atoms with Crippen molar-refractivity contribution < 1.29 is 27.5 Å². The Bertz CT molecular complexity index is 1660. The maximum atomic E-state index is 13.6. The molecular formula is C26H21F2N5O4S. The number of furan rings is 1. The average Bonchev–Trinajstić information content (AvgIpc) is 3.63. The van der Waals surface area contributed by atoms with E-state index in [4.69, 9.17) is 14.9 Å². The Morgan fingerprint density at radius 1 is 1.21 bits per heavy atom. The molecule has 0 saturated carbocycles. The number of fused-ring (bicyclic) bond motifs is 1. The van der Waals surface area contributed by atoms with Gasteiger partial charge in [-0.15, -0.1) is 11.3 Å². The first-order valence-corrected chi connectivity index (χ1v) is 12.2. The molecule has 194 valence electrons. The molecule has 1 aromatic carbocycles. The van der Waals surface area contributed by atoms with Crippen LogP contribution in [0.25, 0.3) is 21.5 Å². The minimum absolute atomic E-state index is 0.0423. The molecule has 2 amide bonds. The number of ether oxygens (including phenoxy) is 1. The number of benzene rings is 1. The number of nitrogens with two attached hydrogens (primary N) is 1. The maximum Gasteiger partial charge on any atom is 0.280 e. The molecule has 4 aromatic heterocycles. The quantitative estimate of drug-likeness (QED) is 0.262. The van der Waals surface area contributed by atoms with E-state index in [0.29, 0.717) is 5.75 Å². The molecule has 0 unspecified atom stereocenters. The van der Waals surface area contributed by atoms with Crippen LogP contribution >= 0.6 is 11.3 Å². The van der Waals surface area contributed by atoms with Crippen LogP contribution in [0.4, 0.5) is 14.5 Å². The van der Waals surface area contributed by atoms with Crippen LogP contribution in [0.15, 0.2) is 59.3 Å². The molecule has 0 aliphatic heterocycles. The third kappa shape index (κ3) is 4.85. The molecule has 4 heterocycles. The van der Waals surface area contributed by atoms with Crippen molar-refractivity contribution in [2.45, 2.75) is 27.0 Å². The number of hydrogen-bond acceptors (Lipinski definition) is 7. The Balaban J connectivity index is 1.46. The predicted octanol–water partition coefficient (Wildman–Crippen LogP) is 5.69. The monoisotopic (exact) mass is 537 g/mol. The van der Waals surface area contributed by atoms with Crippen molar-refractivity contribution in [1.82, 2.24) is 14.8 Å². The van der Waals surface area contributed by atoms with Crippen molar-refractivity contribution in [3.63, 3.8) is 0 Å². The van der Waals surface area contributed by atoms with E-state index in [1.807, 2.05) is 32.0 Å². The number of thiophene rings is 1. The molecular weight excluding hydrogens is 516 g/mol. The number of amides is 2. The normalized spacial score (nSPS) is 11.3. The Morgan fingerprint density at radius 2 is 2.03 bits per heavy atom. The molecule has 12 heteroatoms. The Labute approximate surface area is 218 Å². The number of aromatic nitrogens is 3. The topological polar surface area (TPSA) is 125 Å². The van der Waals surface area contributed by atoms with Crippen LogP contribution in [0.3, 0.4) is 0 Å². The van der Waals surface area contributed by atoms with E-state index in [9.17, 15) is 18.4 Å². The second kappa shape index (κ2) is 10.1. The van der Waals surface area contributed by atoms with Gasteiger partial charge >= 0.3 is 0 Å². The summed E-state index contributed by atoms with van der Waals surface area (Å²) in [6, 6.07) is 11.6. The zero-order valence-electron chi connectivity index (χ0n) is 20.2. The van der Waals surface area contributed by atoms with Gasteiger partial charge in [-0.1, -0.05) is 17.7 Å². The number of rotatable bonds is 8. The summed E-state index contributed by atoms with van der Waals surface area (Å²) in [6.45, 7) is 3.98. The van der Waals surface area contributed by atoms with Crippen molar-refractivity contribution in [1.29, 1.82) is 0 Å². The molecule has 0 bridgehead atoms. The zero-order chi connectivity index (χ0) is 27.0.